The van der Waals surface area contributed by atoms with Crippen LogP contribution in [0.4, 0.5) is 5.69 Å². The number of amides is 2. The number of carbonyl (C=O) groups is 2. The van der Waals surface area contributed by atoms with Gasteiger partial charge >= 0.3 is 0 Å². The molecule has 0 aliphatic carbocycles. The van der Waals surface area contributed by atoms with E-state index in [0.717, 1.165) is 16.8 Å². The number of nitrogens with zero attached hydrogens (tertiary/aromatic N) is 2. The Bertz CT molecular complexity index is 1300. The number of aromatic nitrogens is 1. The van der Waals surface area contributed by atoms with Crippen molar-refractivity contribution in [1.82, 2.24) is 10.3 Å². The van der Waals surface area contributed by atoms with E-state index >= 15 is 0 Å². The normalized spacial score (nSPS) is 17.8. The van der Waals surface area contributed by atoms with Gasteiger partial charge in [0.1, 0.15) is 0 Å². The second kappa shape index (κ2) is 10.00. The molecule has 182 valence electrons. The average molecular weight is 492 g/mol. The minimum Gasteiger partial charge on any atom is -0.348 e. The standard InChI is InChI=1S/C27H29N3O4S/c1-4-35(33,34)23-11-5-19(6-12-23)17-29-26(31)21-7-9-22(10-8-21)30-25(20-13-15-28-16-14-20)24(18(2)3)27(30)32/h5-16,18,24-25H,4,17H2,1-3H3,(H,29,31)/t24-,25-/m1/s1. The molecule has 2 aromatic carbocycles. The van der Waals surface area contributed by atoms with Crippen molar-refractivity contribution in [3.63, 3.8) is 0 Å². The van der Waals surface area contributed by atoms with E-state index < -0.39 is 9.84 Å². The Morgan fingerprint density at radius 1 is 1.00 bits per heavy atom. The van der Waals surface area contributed by atoms with Crippen molar-refractivity contribution in [3.05, 3.63) is 89.7 Å². The molecule has 0 saturated carbocycles. The Labute approximate surface area is 206 Å². The summed E-state index contributed by atoms with van der Waals surface area (Å²) in [7, 11) is -3.25. The highest BCUT2D eigenvalue weighted by Gasteiger charge is 2.50. The second-order valence-electron chi connectivity index (χ2n) is 8.98. The van der Waals surface area contributed by atoms with Crippen LogP contribution in [-0.4, -0.2) is 31.0 Å². The number of hydrogen-bond donors (Lipinski definition) is 1. The van der Waals surface area contributed by atoms with E-state index in [1.54, 1.807) is 72.7 Å². The van der Waals surface area contributed by atoms with Crippen LogP contribution < -0.4 is 10.2 Å². The number of nitrogens with one attached hydrogen (secondary N) is 1. The van der Waals surface area contributed by atoms with Crippen LogP contribution in [0.15, 0.2) is 78.0 Å². The van der Waals surface area contributed by atoms with Crippen LogP contribution in [0, 0.1) is 11.8 Å². The van der Waals surface area contributed by atoms with Crippen molar-refractivity contribution in [2.24, 2.45) is 11.8 Å². The lowest BCUT2D eigenvalue weighted by molar-refractivity contribution is -0.132. The van der Waals surface area contributed by atoms with E-state index in [0.29, 0.717) is 5.56 Å². The first-order valence-corrected chi connectivity index (χ1v) is 13.3. The first kappa shape index (κ1) is 24.6. The molecule has 0 spiro atoms. The van der Waals surface area contributed by atoms with Crippen LogP contribution in [0.2, 0.25) is 0 Å². The first-order valence-electron chi connectivity index (χ1n) is 11.7. The van der Waals surface area contributed by atoms with Gasteiger partial charge in [-0.3, -0.25) is 14.6 Å². The van der Waals surface area contributed by atoms with Gasteiger partial charge in [0.2, 0.25) is 5.91 Å². The molecule has 2 heterocycles. The molecule has 2 atom stereocenters. The Hall–Kier alpha value is -3.52. The van der Waals surface area contributed by atoms with Gasteiger partial charge in [-0.1, -0.05) is 32.9 Å². The lowest BCUT2D eigenvalue weighted by atomic mass is 9.75. The van der Waals surface area contributed by atoms with Gasteiger partial charge in [-0.25, -0.2) is 8.42 Å². The summed E-state index contributed by atoms with van der Waals surface area (Å²) in [5, 5.41) is 2.85. The van der Waals surface area contributed by atoms with Gasteiger partial charge in [0.25, 0.3) is 5.91 Å². The summed E-state index contributed by atoms with van der Waals surface area (Å²) in [5.41, 5.74) is 3.07. The Morgan fingerprint density at radius 2 is 1.63 bits per heavy atom. The van der Waals surface area contributed by atoms with Crippen LogP contribution >= 0.6 is 0 Å². The molecule has 0 radical (unpaired) electrons. The summed E-state index contributed by atoms with van der Waals surface area (Å²) in [4.78, 5) is 31.8. The highest BCUT2D eigenvalue weighted by molar-refractivity contribution is 7.91. The molecule has 1 fully saturated rings. The van der Waals surface area contributed by atoms with Gasteiger partial charge < -0.3 is 10.2 Å². The minimum absolute atomic E-state index is 0.0452. The molecule has 1 saturated heterocycles. The van der Waals surface area contributed by atoms with E-state index in [1.807, 2.05) is 12.1 Å². The summed E-state index contributed by atoms with van der Waals surface area (Å²) < 4.78 is 23.9. The molecule has 4 rings (SSSR count). The topological polar surface area (TPSA) is 96.4 Å². The van der Waals surface area contributed by atoms with E-state index in [4.69, 9.17) is 0 Å². The number of sulfone groups is 1. The molecule has 0 bridgehead atoms. The van der Waals surface area contributed by atoms with Gasteiger partial charge in [0.15, 0.2) is 9.84 Å². The van der Waals surface area contributed by atoms with Crippen LogP contribution in [0.25, 0.3) is 0 Å². The maximum absolute atomic E-state index is 13.0. The molecule has 1 aliphatic heterocycles. The molecule has 1 aliphatic rings. The summed E-state index contributed by atoms with van der Waals surface area (Å²) >= 11 is 0. The third-order valence-electron chi connectivity index (χ3n) is 6.43. The van der Waals surface area contributed by atoms with E-state index in [2.05, 4.69) is 24.1 Å². The SMILES string of the molecule is CCS(=O)(=O)c1ccc(CNC(=O)c2ccc(N3C(=O)[C@H](C(C)C)[C@H]3c3ccncc3)cc2)cc1. The summed E-state index contributed by atoms with van der Waals surface area (Å²) in [6, 6.07) is 17.3. The van der Waals surface area contributed by atoms with Crippen molar-refractivity contribution in [2.45, 2.75) is 38.3 Å². The molecule has 1 N–H and O–H groups in total. The number of hydrogen-bond acceptors (Lipinski definition) is 5. The largest absolute Gasteiger partial charge is 0.348 e. The Kier molecular flexibility index (Phi) is 7.03. The van der Waals surface area contributed by atoms with Crippen molar-refractivity contribution < 1.29 is 18.0 Å². The Morgan fingerprint density at radius 3 is 2.20 bits per heavy atom. The third-order valence-corrected chi connectivity index (χ3v) is 8.18. The molecule has 8 heteroatoms. The van der Waals surface area contributed by atoms with E-state index in [1.165, 1.54) is 0 Å². The average Bonchev–Trinajstić information content (AvgIpc) is 2.86. The maximum atomic E-state index is 13.0. The molecule has 2 amide bonds. The quantitative estimate of drug-likeness (QED) is 0.477. The first-order chi connectivity index (χ1) is 16.7. The Balaban J connectivity index is 1.44. The van der Waals surface area contributed by atoms with Gasteiger partial charge in [0.05, 0.1) is 22.6 Å². The molecular weight excluding hydrogens is 462 g/mol. The number of carbonyl (C=O) groups excluding carboxylic acids is 2. The maximum Gasteiger partial charge on any atom is 0.251 e. The molecular formula is C27H29N3O4S. The third kappa shape index (κ3) is 4.98. The van der Waals surface area contributed by atoms with Crippen LogP contribution in [0.1, 0.15) is 48.3 Å². The zero-order valence-electron chi connectivity index (χ0n) is 20.0. The lowest BCUT2D eigenvalue weighted by Gasteiger charge is -2.49. The summed E-state index contributed by atoms with van der Waals surface area (Å²) in [6.45, 7) is 5.99. The van der Waals surface area contributed by atoms with Crippen LogP contribution in [0.5, 0.6) is 0 Å². The van der Waals surface area contributed by atoms with Crippen LogP contribution in [0.3, 0.4) is 0 Å². The summed E-state index contributed by atoms with van der Waals surface area (Å²) in [6.07, 6.45) is 3.47. The number of benzene rings is 2. The van der Waals surface area contributed by atoms with Crippen molar-refractivity contribution in [2.75, 3.05) is 10.7 Å². The van der Waals surface area contributed by atoms with Gasteiger partial charge in [0, 0.05) is 30.2 Å². The van der Waals surface area contributed by atoms with E-state index in [9.17, 15) is 18.0 Å². The van der Waals surface area contributed by atoms with Crippen molar-refractivity contribution in [3.8, 4) is 0 Å². The van der Waals surface area contributed by atoms with Gasteiger partial charge in [-0.2, -0.15) is 0 Å². The molecule has 3 aromatic rings. The highest BCUT2D eigenvalue weighted by Crippen LogP contribution is 2.46. The zero-order valence-corrected chi connectivity index (χ0v) is 20.8. The number of anilines is 1. The monoisotopic (exact) mass is 491 g/mol. The number of rotatable bonds is 8. The van der Waals surface area contributed by atoms with Crippen molar-refractivity contribution >= 4 is 27.3 Å². The predicted molar refractivity (Wildman–Crippen MR) is 135 cm³/mol. The lowest BCUT2D eigenvalue weighted by Crippen LogP contribution is -2.57. The molecule has 7 nitrogen and oxygen atoms in total. The molecule has 1 aromatic heterocycles. The summed E-state index contributed by atoms with van der Waals surface area (Å²) in [5.74, 6) is -0.0176. The number of β-lactam (4-membered cyclic amide) rings is 1. The molecule has 35 heavy (non-hydrogen) atoms. The minimum atomic E-state index is -3.25. The van der Waals surface area contributed by atoms with Crippen LogP contribution in [-0.2, 0) is 21.2 Å². The zero-order chi connectivity index (χ0) is 25.2. The fourth-order valence-corrected chi connectivity index (χ4v) is 5.29. The smallest absolute Gasteiger partial charge is 0.251 e. The highest BCUT2D eigenvalue weighted by atomic mass is 32.2. The predicted octanol–water partition coefficient (Wildman–Crippen LogP) is 4.17. The van der Waals surface area contributed by atoms with Crippen molar-refractivity contribution in [1.29, 1.82) is 0 Å². The second-order valence-corrected chi connectivity index (χ2v) is 11.3. The number of pyridine rings is 1. The fourth-order valence-electron chi connectivity index (χ4n) is 4.40. The van der Waals surface area contributed by atoms with E-state index in [-0.39, 0.29) is 46.9 Å². The van der Waals surface area contributed by atoms with Gasteiger partial charge in [-0.05, 0) is 65.6 Å². The molecule has 0 unspecified atom stereocenters. The van der Waals surface area contributed by atoms with Gasteiger partial charge in [-0.15, -0.1) is 0 Å². The fraction of sp³-hybridized carbons (Fsp3) is 0.296.